The van der Waals surface area contributed by atoms with Crippen LogP contribution < -0.4 is 5.32 Å². The highest BCUT2D eigenvalue weighted by Crippen LogP contribution is 2.26. The molecule has 1 heterocycles. The molecule has 1 amide bonds. The molecule has 1 N–H and O–H groups in total. The molecule has 0 atom stereocenters. The number of ether oxygens (including phenoxy) is 1. The summed E-state index contributed by atoms with van der Waals surface area (Å²) < 4.78 is 5.27. The zero-order valence-corrected chi connectivity index (χ0v) is 7.17. The van der Waals surface area contributed by atoms with Crippen LogP contribution >= 0.6 is 0 Å². The summed E-state index contributed by atoms with van der Waals surface area (Å²) in [5, 5.41) is 2.68. The lowest BCUT2D eigenvalue weighted by Gasteiger charge is -2.06. The van der Waals surface area contributed by atoms with Gasteiger partial charge >= 0.3 is 0 Å². The zero-order valence-electron chi connectivity index (χ0n) is 7.17. The fourth-order valence-electron chi connectivity index (χ4n) is 1.47. The quantitative estimate of drug-likeness (QED) is 0.704. The van der Waals surface area contributed by atoms with Crippen LogP contribution in [0.4, 0.5) is 5.69 Å². The van der Waals surface area contributed by atoms with Gasteiger partial charge in [0.25, 0.3) is 0 Å². The van der Waals surface area contributed by atoms with E-state index in [2.05, 4.69) is 12.2 Å². The molecule has 0 saturated carbocycles. The zero-order chi connectivity index (χ0) is 9.26. The Hall–Kier alpha value is -1.35. The lowest BCUT2D eigenvalue weighted by molar-refractivity contribution is -0.112. The Labute approximate surface area is 76.7 Å². The van der Waals surface area contributed by atoms with Gasteiger partial charge in [0.2, 0.25) is 5.91 Å². The van der Waals surface area contributed by atoms with Crippen molar-refractivity contribution in [2.75, 3.05) is 5.32 Å². The third-order valence-electron chi connectivity index (χ3n) is 2.05. The van der Waals surface area contributed by atoms with Crippen LogP contribution in [0.2, 0.25) is 0 Å². The first kappa shape index (κ1) is 8.26. The summed E-state index contributed by atoms with van der Waals surface area (Å²) in [4.78, 5) is 10.7. The first-order chi connectivity index (χ1) is 6.27. The maximum absolute atomic E-state index is 10.7. The molecule has 1 aromatic carbocycles. The second-order valence-electron chi connectivity index (χ2n) is 2.98. The van der Waals surface area contributed by atoms with Crippen molar-refractivity contribution in [3.8, 4) is 0 Å². The van der Waals surface area contributed by atoms with Crippen molar-refractivity contribution in [3.05, 3.63) is 36.2 Å². The van der Waals surface area contributed by atoms with E-state index in [1.54, 1.807) is 0 Å². The van der Waals surface area contributed by atoms with Crippen LogP contribution in [0.3, 0.4) is 0 Å². The fraction of sp³-hybridized carbons (Fsp3) is 0.200. The SMILES string of the molecule is [CH2]C(=O)Nc1cccc2c1COC2. The topological polar surface area (TPSA) is 38.3 Å². The van der Waals surface area contributed by atoms with Crippen molar-refractivity contribution in [2.45, 2.75) is 13.2 Å². The molecule has 1 aliphatic heterocycles. The predicted octanol–water partition coefficient (Wildman–Crippen LogP) is 1.49. The van der Waals surface area contributed by atoms with Crippen LogP contribution in [0.25, 0.3) is 0 Å². The molecule has 13 heavy (non-hydrogen) atoms. The summed E-state index contributed by atoms with van der Waals surface area (Å²) in [6.45, 7) is 4.48. The smallest absolute Gasteiger partial charge is 0.224 e. The van der Waals surface area contributed by atoms with Crippen LogP contribution in [0.5, 0.6) is 0 Å². The molecule has 0 aliphatic carbocycles. The number of benzene rings is 1. The first-order valence-corrected chi connectivity index (χ1v) is 4.09. The number of fused-ring (bicyclic) bond motifs is 1. The number of nitrogens with one attached hydrogen (secondary N) is 1. The Kier molecular flexibility index (Phi) is 2.02. The molecule has 0 saturated heterocycles. The van der Waals surface area contributed by atoms with Gasteiger partial charge in [0.1, 0.15) is 0 Å². The summed E-state index contributed by atoms with van der Waals surface area (Å²) in [6.07, 6.45) is 0. The molecule has 0 aromatic heterocycles. The molecule has 0 unspecified atom stereocenters. The van der Waals surface area contributed by atoms with E-state index in [0.717, 1.165) is 16.8 Å². The lowest BCUT2D eigenvalue weighted by Crippen LogP contribution is -2.08. The van der Waals surface area contributed by atoms with E-state index in [4.69, 9.17) is 4.74 Å². The Balaban J connectivity index is 2.36. The van der Waals surface area contributed by atoms with Crippen molar-refractivity contribution >= 4 is 11.6 Å². The van der Waals surface area contributed by atoms with Crippen LogP contribution in [-0.2, 0) is 22.7 Å². The fourth-order valence-corrected chi connectivity index (χ4v) is 1.47. The number of hydrogen-bond acceptors (Lipinski definition) is 2. The monoisotopic (exact) mass is 176 g/mol. The van der Waals surface area contributed by atoms with Gasteiger partial charge in [-0.05, 0) is 11.6 Å². The third kappa shape index (κ3) is 1.55. The molecule has 2 rings (SSSR count). The van der Waals surface area contributed by atoms with E-state index < -0.39 is 0 Å². The summed E-state index contributed by atoms with van der Waals surface area (Å²) >= 11 is 0. The molecule has 1 radical (unpaired) electrons. The van der Waals surface area contributed by atoms with Crippen LogP contribution in [-0.4, -0.2) is 5.91 Å². The third-order valence-corrected chi connectivity index (χ3v) is 2.05. The van der Waals surface area contributed by atoms with E-state index in [-0.39, 0.29) is 5.91 Å². The summed E-state index contributed by atoms with van der Waals surface area (Å²) in [6, 6.07) is 5.76. The molecule has 0 spiro atoms. The van der Waals surface area contributed by atoms with Gasteiger partial charge in [-0.15, -0.1) is 0 Å². The molecular formula is C10H10NO2. The van der Waals surface area contributed by atoms with Gasteiger partial charge in [0.05, 0.1) is 13.2 Å². The van der Waals surface area contributed by atoms with Gasteiger partial charge in [-0.25, -0.2) is 0 Å². The molecule has 3 heteroatoms. The highest BCUT2D eigenvalue weighted by atomic mass is 16.5. The molecule has 67 valence electrons. The van der Waals surface area contributed by atoms with Crippen molar-refractivity contribution in [1.82, 2.24) is 0 Å². The van der Waals surface area contributed by atoms with Crippen molar-refractivity contribution < 1.29 is 9.53 Å². The second kappa shape index (κ2) is 3.18. The Morgan fingerprint density at radius 1 is 1.46 bits per heavy atom. The van der Waals surface area contributed by atoms with Crippen LogP contribution in [0, 0.1) is 6.92 Å². The minimum Gasteiger partial charge on any atom is -0.372 e. The van der Waals surface area contributed by atoms with Crippen LogP contribution in [0.1, 0.15) is 11.1 Å². The molecule has 1 aromatic rings. The average molecular weight is 176 g/mol. The molecule has 3 nitrogen and oxygen atoms in total. The van der Waals surface area contributed by atoms with Crippen LogP contribution in [0.15, 0.2) is 18.2 Å². The molecule has 0 bridgehead atoms. The lowest BCUT2D eigenvalue weighted by atomic mass is 10.1. The summed E-state index contributed by atoms with van der Waals surface area (Å²) in [5.41, 5.74) is 3.03. The van der Waals surface area contributed by atoms with Gasteiger partial charge in [-0.1, -0.05) is 12.1 Å². The van der Waals surface area contributed by atoms with Crippen molar-refractivity contribution in [3.63, 3.8) is 0 Å². The first-order valence-electron chi connectivity index (χ1n) is 4.09. The van der Waals surface area contributed by atoms with E-state index in [1.165, 1.54) is 0 Å². The maximum Gasteiger partial charge on any atom is 0.224 e. The maximum atomic E-state index is 10.7. The van der Waals surface area contributed by atoms with Gasteiger partial charge in [0, 0.05) is 18.2 Å². The number of carbonyl (C=O) groups is 1. The summed E-state index contributed by atoms with van der Waals surface area (Å²) in [7, 11) is 0. The van der Waals surface area contributed by atoms with E-state index in [9.17, 15) is 4.79 Å². The Bertz CT molecular complexity index is 347. The van der Waals surface area contributed by atoms with E-state index in [0.29, 0.717) is 13.2 Å². The number of carbonyl (C=O) groups excluding carboxylic acids is 1. The van der Waals surface area contributed by atoms with Gasteiger partial charge in [0.15, 0.2) is 0 Å². The number of hydrogen-bond donors (Lipinski definition) is 1. The normalized spacial score (nSPS) is 13.9. The van der Waals surface area contributed by atoms with Gasteiger partial charge in [-0.2, -0.15) is 0 Å². The van der Waals surface area contributed by atoms with Crippen molar-refractivity contribution in [2.24, 2.45) is 0 Å². The predicted molar refractivity (Wildman–Crippen MR) is 48.9 cm³/mol. The number of amides is 1. The Morgan fingerprint density at radius 3 is 3.08 bits per heavy atom. The highest BCUT2D eigenvalue weighted by Gasteiger charge is 2.14. The van der Waals surface area contributed by atoms with E-state index >= 15 is 0 Å². The largest absolute Gasteiger partial charge is 0.372 e. The molecular weight excluding hydrogens is 166 g/mol. The van der Waals surface area contributed by atoms with Crippen molar-refractivity contribution in [1.29, 1.82) is 0 Å². The van der Waals surface area contributed by atoms with E-state index in [1.807, 2.05) is 18.2 Å². The standard InChI is InChI=1S/C10H10NO2/c1-7(12)11-10-4-2-3-8-5-13-6-9(8)10/h2-4H,1,5-6H2,(H,11,12). The highest BCUT2D eigenvalue weighted by molar-refractivity contribution is 5.94. The van der Waals surface area contributed by atoms with Gasteiger partial charge in [-0.3, -0.25) is 4.79 Å². The minimum absolute atomic E-state index is 0.291. The Morgan fingerprint density at radius 2 is 2.31 bits per heavy atom. The average Bonchev–Trinajstić information content (AvgIpc) is 2.51. The number of rotatable bonds is 1. The summed E-state index contributed by atoms with van der Waals surface area (Å²) in [5.74, 6) is -0.291. The molecule has 1 aliphatic rings. The second-order valence-corrected chi connectivity index (χ2v) is 2.98. The van der Waals surface area contributed by atoms with Gasteiger partial charge < -0.3 is 10.1 Å². The minimum atomic E-state index is -0.291. The number of anilines is 1. The molecule has 0 fully saturated rings.